The zero-order valence-corrected chi connectivity index (χ0v) is 25.6. The average Bonchev–Trinajstić information content (AvgIpc) is 2.81. The van der Waals surface area contributed by atoms with E-state index in [1.807, 2.05) is 18.2 Å². The van der Waals surface area contributed by atoms with E-state index in [1.54, 1.807) is 6.07 Å². The summed E-state index contributed by atoms with van der Waals surface area (Å²) in [5, 5.41) is 2.07. The number of hydrogen-bond acceptors (Lipinski definition) is 3. The summed E-state index contributed by atoms with van der Waals surface area (Å²) < 4.78 is 36.0. The Morgan fingerprint density at radius 1 is 0.600 bits per heavy atom. The van der Waals surface area contributed by atoms with Gasteiger partial charge in [-0.05, 0) is 53.6 Å². The van der Waals surface area contributed by atoms with Crippen molar-refractivity contribution in [2.24, 2.45) is 0 Å². The van der Waals surface area contributed by atoms with Crippen molar-refractivity contribution in [1.29, 1.82) is 0 Å². The van der Waals surface area contributed by atoms with Crippen LogP contribution < -0.4 is 29.6 Å². The maximum absolute atomic E-state index is 12.0. The Kier molecular flexibility index (Phi) is 17.5. The van der Waals surface area contributed by atoms with Crippen LogP contribution in [0.3, 0.4) is 0 Å². The first kappa shape index (κ1) is 32.6. The minimum Gasteiger partial charge on any atom is -0.744 e. The van der Waals surface area contributed by atoms with Gasteiger partial charge in [-0.25, -0.2) is 8.42 Å². The summed E-state index contributed by atoms with van der Waals surface area (Å²) in [6.45, 7) is 4.48. The van der Waals surface area contributed by atoms with Gasteiger partial charge in [-0.15, -0.1) is 0 Å². The molecule has 35 heavy (non-hydrogen) atoms. The van der Waals surface area contributed by atoms with E-state index < -0.39 is 10.1 Å². The fourth-order valence-corrected chi connectivity index (χ4v) is 5.81. The Morgan fingerprint density at radius 3 is 1.60 bits per heavy atom. The summed E-state index contributed by atoms with van der Waals surface area (Å²) in [5.41, 5.74) is 2.01. The van der Waals surface area contributed by atoms with E-state index in [0.29, 0.717) is 6.42 Å². The second-order valence-corrected chi connectivity index (χ2v) is 11.3. The fourth-order valence-electron chi connectivity index (χ4n) is 5.06. The van der Waals surface area contributed by atoms with Crippen molar-refractivity contribution >= 4 is 20.9 Å². The van der Waals surface area contributed by atoms with Gasteiger partial charge in [0.1, 0.15) is 10.1 Å². The minimum absolute atomic E-state index is 0. The van der Waals surface area contributed by atoms with Crippen LogP contribution in [0.25, 0.3) is 10.8 Å². The molecule has 0 saturated heterocycles. The Labute approximate surface area is 237 Å². The topological polar surface area (TPSA) is 57.2 Å². The maximum atomic E-state index is 12.0. The summed E-state index contributed by atoms with van der Waals surface area (Å²) in [6, 6.07) is 9.61. The van der Waals surface area contributed by atoms with Crippen LogP contribution in [0.2, 0.25) is 0 Å². The first-order valence-electron chi connectivity index (χ1n) is 14.0. The molecule has 2 rings (SSSR count). The Morgan fingerprint density at radius 2 is 1.09 bits per heavy atom. The monoisotopic (exact) mass is 510 g/mol. The predicted molar refractivity (Wildman–Crippen MR) is 145 cm³/mol. The van der Waals surface area contributed by atoms with Gasteiger partial charge in [0.15, 0.2) is 0 Å². The molecule has 0 aromatic heterocycles. The van der Waals surface area contributed by atoms with Crippen LogP contribution in [0, 0.1) is 0 Å². The first-order valence-corrected chi connectivity index (χ1v) is 15.4. The third-order valence-corrected chi connectivity index (χ3v) is 7.99. The van der Waals surface area contributed by atoms with Gasteiger partial charge in [-0.2, -0.15) is 0 Å². The van der Waals surface area contributed by atoms with Gasteiger partial charge in [0.2, 0.25) is 0 Å². The largest absolute Gasteiger partial charge is 1.00 e. The molecule has 2 aromatic rings. The van der Waals surface area contributed by atoms with Crippen LogP contribution in [-0.2, 0) is 23.0 Å². The van der Waals surface area contributed by atoms with Crippen molar-refractivity contribution in [3.63, 3.8) is 0 Å². The molecule has 0 aliphatic rings. The Bertz CT molecular complexity index is 940. The van der Waals surface area contributed by atoms with Gasteiger partial charge in [0.25, 0.3) is 0 Å². The molecule has 0 heterocycles. The maximum Gasteiger partial charge on any atom is 1.00 e. The Hall–Kier alpha value is -0.390. The predicted octanol–water partition coefficient (Wildman–Crippen LogP) is 6.11. The summed E-state index contributed by atoms with van der Waals surface area (Å²) in [5.74, 6) is 0. The number of benzene rings is 2. The van der Waals surface area contributed by atoms with E-state index in [4.69, 9.17) is 0 Å². The normalized spacial score (nSPS) is 11.6. The molecule has 5 heteroatoms. The summed E-state index contributed by atoms with van der Waals surface area (Å²) >= 11 is 0. The number of fused-ring (bicyclic) bond motifs is 1. The van der Waals surface area contributed by atoms with Crippen LogP contribution in [0.5, 0.6) is 0 Å². The fraction of sp³-hybridized carbons (Fsp3) is 0.667. The molecule has 2 aromatic carbocycles. The van der Waals surface area contributed by atoms with Crippen molar-refractivity contribution in [1.82, 2.24) is 0 Å². The summed E-state index contributed by atoms with van der Waals surface area (Å²) in [4.78, 5) is -0.0211. The van der Waals surface area contributed by atoms with Crippen LogP contribution >= 0.6 is 0 Å². The van der Waals surface area contributed by atoms with Crippen LogP contribution in [0.1, 0.15) is 128 Å². The zero-order chi connectivity index (χ0) is 24.7. The number of aryl methyl sites for hydroxylation is 2. The van der Waals surface area contributed by atoms with Crippen LogP contribution in [0.4, 0.5) is 0 Å². The van der Waals surface area contributed by atoms with E-state index in [1.165, 1.54) is 89.0 Å². The molecule has 0 spiro atoms. The molecule has 0 fully saturated rings. The Balaban J connectivity index is 0.00000612. The van der Waals surface area contributed by atoms with E-state index in [0.717, 1.165) is 42.0 Å². The second kappa shape index (κ2) is 18.8. The summed E-state index contributed by atoms with van der Waals surface area (Å²) in [6.07, 6.45) is 21.6. The van der Waals surface area contributed by atoms with E-state index in [-0.39, 0.29) is 34.5 Å². The van der Waals surface area contributed by atoms with Gasteiger partial charge in [-0.3, -0.25) is 0 Å². The molecule has 0 bridgehead atoms. The molecule has 0 aliphatic carbocycles. The van der Waals surface area contributed by atoms with Crippen molar-refractivity contribution in [3.8, 4) is 0 Å². The van der Waals surface area contributed by atoms with Crippen LogP contribution in [0.15, 0.2) is 35.2 Å². The van der Waals surface area contributed by atoms with Gasteiger partial charge in [0.05, 0.1) is 4.90 Å². The molecule has 0 amide bonds. The molecule has 3 nitrogen and oxygen atoms in total. The molecule has 0 unspecified atom stereocenters. The van der Waals surface area contributed by atoms with Gasteiger partial charge >= 0.3 is 29.6 Å². The van der Waals surface area contributed by atoms with Gasteiger partial charge < -0.3 is 4.55 Å². The standard InChI is InChI=1S/C30H48O3S.Na/c1-3-5-7-9-11-13-15-17-20-26-21-19-23-28-27(26)24-25-30(34(31,32)33)29(28)22-18-16-14-12-10-8-6-4-2;/h19,21,23-25H,3-18,20,22H2,1-2H3,(H,31,32,33);/q;+1/p-1. The van der Waals surface area contributed by atoms with Crippen LogP contribution in [-0.4, -0.2) is 13.0 Å². The van der Waals surface area contributed by atoms with E-state index in [2.05, 4.69) is 19.9 Å². The minimum atomic E-state index is -4.48. The summed E-state index contributed by atoms with van der Waals surface area (Å²) in [7, 11) is -4.48. The third-order valence-electron chi connectivity index (χ3n) is 7.07. The van der Waals surface area contributed by atoms with Gasteiger partial charge in [0, 0.05) is 0 Å². The number of rotatable bonds is 19. The van der Waals surface area contributed by atoms with Crippen molar-refractivity contribution < 1.29 is 42.5 Å². The zero-order valence-electron chi connectivity index (χ0n) is 22.7. The number of unbranched alkanes of at least 4 members (excludes halogenated alkanes) is 14. The van der Waals surface area contributed by atoms with Crippen molar-refractivity contribution in [2.75, 3.05) is 0 Å². The molecule has 0 radical (unpaired) electrons. The molecule has 192 valence electrons. The van der Waals surface area contributed by atoms with E-state index in [9.17, 15) is 13.0 Å². The molecule has 0 atom stereocenters. The first-order chi connectivity index (χ1) is 16.5. The van der Waals surface area contributed by atoms with Crippen molar-refractivity contribution in [2.45, 2.75) is 134 Å². The van der Waals surface area contributed by atoms with Crippen molar-refractivity contribution in [3.05, 3.63) is 41.5 Å². The smallest absolute Gasteiger partial charge is 0.744 e. The molecular weight excluding hydrogens is 463 g/mol. The molecular formula is C30H47NaO3S. The second-order valence-electron chi connectivity index (χ2n) is 9.96. The van der Waals surface area contributed by atoms with E-state index >= 15 is 0 Å². The third kappa shape index (κ3) is 12.1. The average molecular weight is 511 g/mol. The molecule has 0 saturated carbocycles. The molecule has 0 N–H and O–H groups in total. The SMILES string of the molecule is CCCCCCCCCCc1cccc2c(CCCCCCCCCC)c(S(=O)(=O)[O-])ccc12.[Na+]. The quantitative estimate of drug-likeness (QED) is 0.130. The number of hydrogen-bond donors (Lipinski definition) is 0. The van der Waals surface area contributed by atoms with Gasteiger partial charge in [-0.1, -0.05) is 128 Å². The molecule has 0 aliphatic heterocycles.